The summed E-state index contributed by atoms with van der Waals surface area (Å²) in [6.07, 6.45) is 0.925. The summed E-state index contributed by atoms with van der Waals surface area (Å²) in [5, 5.41) is 5.38. The van der Waals surface area contributed by atoms with Gasteiger partial charge in [0.25, 0.3) is 5.91 Å². The smallest absolute Gasteiger partial charge is 0.354 e. The maximum absolute atomic E-state index is 11.7. The molecule has 0 fully saturated rings. The highest BCUT2D eigenvalue weighted by atomic mass is 35.5. The van der Waals surface area contributed by atoms with E-state index in [4.69, 9.17) is 11.6 Å². The Morgan fingerprint density at radius 1 is 1.18 bits per heavy atom. The van der Waals surface area contributed by atoms with Gasteiger partial charge in [-0.05, 0) is 18.2 Å². The van der Waals surface area contributed by atoms with E-state index in [9.17, 15) is 14.4 Å². The van der Waals surface area contributed by atoms with Gasteiger partial charge in [0.05, 0.1) is 31.0 Å². The van der Waals surface area contributed by atoms with Crippen LogP contribution in [0.15, 0.2) is 30.0 Å². The SMILES string of the molecule is CNC(=O)c1ccc(Cl)c(N/C(=C/C(=O)OC)C(=O)OC)c1. The number of benzene rings is 1. The van der Waals surface area contributed by atoms with Crippen LogP contribution in [0.1, 0.15) is 10.4 Å². The first-order valence-corrected chi connectivity index (χ1v) is 6.47. The van der Waals surface area contributed by atoms with E-state index in [-0.39, 0.29) is 22.3 Å². The number of carbonyl (C=O) groups excluding carboxylic acids is 3. The van der Waals surface area contributed by atoms with Crippen molar-refractivity contribution in [2.45, 2.75) is 0 Å². The Balaban J connectivity index is 3.17. The van der Waals surface area contributed by atoms with E-state index in [0.29, 0.717) is 5.56 Å². The Labute approximate surface area is 132 Å². The molecule has 0 aliphatic heterocycles. The van der Waals surface area contributed by atoms with Crippen molar-refractivity contribution in [3.8, 4) is 0 Å². The van der Waals surface area contributed by atoms with Gasteiger partial charge in [0, 0.05) is 12.6 Å². The first kappa shape index (κ1) is 17.5. The molecule has 0 saturated heterocycles. The van der Waals surface area contributed by atoms with Crippen molar-refractivity contribution in [3.05, 3.63) is 40.6 Å². The zero-order valence-electron chi connectivity index (χ0n) is 12.2. The monoisotopic (exact) mass is 326 g/mol. The Hall–Kier alpha value is -2.54. The summed E-state index contributed by atoms with van der Waals surface area (Å²) in [5.41, 5.74) is 0.422. The first-order valence-electron chi connectivity index (χ1n) is 6.09. The zero-order valence-corrected chi connectivity index (χ0v) is 13.0. The molecule has 0 bridgehead atoms. The van der Waals surface area contributed by atoms with Gasteiger partial charge in [0.15, 0.2) is 0 Å². The minimum Gasteiger partial charge on any atom is -0.466 e. The van der Waals surface area contributed by atoms with Crippen molar-refractivity contribution >= 4 is 35.1 Å². The maximum atomic E-state index is 11.7. The lowest BCUT2D eigenvalue weighted by molar-refractivity contribution is -0.138. The highest BCUT2D eigenvalue weighted by molar-refractivity contribution is 6.33. The van der Waals surface area contributed by atoms with Gasteiger partial charge in [0.1, 0.15) is 5.70 Å². The Morgan fingerprint density at radius 3 is 2.41 bits per heavy atom. The molecule has 0 radical (unpaired) electrons. The van der Waals surface area contributed by atoms with Gasteiger partial charge < -0.3 is 20.1 Å². The Morgan fingerprint density at radius 2 is 1.86 bits per heavy atom. The van der Waals surface area contributed by atoms with Crippen molar-refractivity contribution in [1.82, 2.24) is 5.32 Å². The number of rotatable bonds is 5. The van der Waals surface area contributed by atoms with Gasteiger partial charge in [-0.1, -0.05) is 11.6 Å². The molecule has 0 aliphatic rings. The molecule has 22 heavy (non-hydrogen) atoms. The van der Waals surface area contributed by atoms with E-state index < -0.39 is 11.9 Å². The third kappa shape index (κ3) is 4.49. The molecule has 1 amide bonds. The van der Waals surface area contributed by atoms with E-state index in [1.165, 1.54) is 32.4 Å². The van der Waals surface area contributed by atoms with Crippen molar-refractivity contribution in [2.24, 2.45) is 0 Å². The summed E-state index contributed by atoms with van der Waals surface area (Å²) in [6.45, 7) is 0. The average Bonchev–Trinajstić information content (AvgIpc) is 2.54. The fourth-order valence-corrected chi connectivity index (χ4v) is 1.65. The van der Waals surface area contributed by atoms with Crippen LogP contribution in [0.5, 0.6) is 0 Å². The third-order valence-electron chi connectivity index (χ3n) is 2.59. The Kier molecular flexibility index (Phi) is 6.40. The third-order valence-corrected chi connectivity index (χ3v) is 2.92. The predicted molar refractivity (Wildman–Crippen MR) is 80.6 cm³/mol. The van der Waals surface area contributed by atoms with Crippen LogP contribution >= 0.6 is 11.6 Å². The van der Waals surface area contributed by atoms with E-state index in [0.717, 1.165) is 13.2 Å². The van der Waals surface area contributed by atoms with Crippen LogP contribution in [0.25, 0.3) is 0 Å². The summed E-state index contributed by atoms with van der Waals surface area (Å²) in [7, 11) is 3.83. The molecule has 1 aromatic rings. The molecule has 0 spiro atoms. The van der Waals surface area contributed by atoms with Gasteiger partial charge in [-0.15, -0.1) is 0 Å². The lowest BCUT2D eigenvalue weighted by Crippen LogP contribution is -2.19. The second kappa shape index (κ2) is 8.04. The normalized spacial score (nSPS) is 10.6. The summed E-state index contributed by atoms with van der Waals surface area (Å²) >= 11 is 6.02. The largest absolute Gasteiger partial charge is 0.466 e. The summed E-state index contributed by atoms with van der Waals surface area (Å²) in [6, 6.07) is 4.45. The van der Waals surface area contributed by atoms with Crippen molar-refractivity contribution < 1.29 is 23.9 Å². The number of nitrogens with one attached hydrogen (secondary N) is 2. The highest BCUT2D eigenvalue weighted by Crippen LogP contribution is 2.24. The molecule has 0 unspecified atom stereocenters. The molecule has 1 rings (SSSR count). The van der Waals surface area contributed by atoms with Gasteiger partial charge in [-0.25, -0.2) is 9.59 Å². The fraction of sp³-hybridized carbons (Fsp3) is 0.214. The number of halogens is 1. The number of methoxy groups -OCH3 is 2. The second-order valence-corrected chi connectivity index (χ2v) is 4.38. The van der Waals surface area contributed by atoms with Crippen molar-refractivity contribution in [3.63, 3.8) is 0 Å². The highest BCUT2D eigenvalue weighted by Gasteiger charge is 2.15. The molecule has 0 aliphatic carbocycles. The van der Waals surface area contributed by atoms with Crippen LogP contribution in [-0.2, 0) is 19.1 Å². The number of hydrogen-bond acceptors (Lipinski definition) is 6. The second-order valence-electron chi connectivity index (χ2n) is 3.97. The minimum absolute atomic E-state index is 0.176. The van der Waals surface area contributed by atoms with Crippen molar-refractivity contribution in [2.75, 3.05) is 26.6 Å². The lowest BCUT2D eigenvalue weighted by atomic mass is 10.2. The molecule has 2 N–H and O–H groups in total. The van der Waals surface area contributed by atoms with Gasteiger partial charge in [-0.3, -0.25) is 4.79 Å². The quantitative estimate of drug-likeness (QED) is 0.626. The molecule has 0 saturated carbocycles. The zero-order chi connectivity index (χ0) is 16.7. The van der Waals surface area contributed by atoms with E-state index in [2.05, 4.69) is 20.1 Å². The molecule has 118 valence electrons. The van der Waals surface area contributed by atoms with Crippen LogP contribution in [0.3, 0.4) is 0 Å². The molecule has 0 atom stereocenters. The molecular weight excluding hydrogens is 312 g/mol. The number of ether oxygens (including phenoxy) is 2. The van der Waals surface area contributed by atoms with E-state index in [1.807, 2.05) is 0 Å². The molecule has 1 aromatic carbocycles. The summed E-state index contributed by atoms with van der Waals surface area (Å²) in [4.78, 5) is 34.6. The number of esters is 2. The molecule has 7 nitrogen and oxygen atoms in total. The van der Waals surface area contributed by atoms with Crippen molar-refractivity contribution in [1.29, 1.82) is 0 Å². The van der Waals surface area contributed by atoms with Crippen LogP contribution in [0, 0.1) is 0 Å². The van der Waals surface area contributed by atoms with Crippen LogP contribution < -0.4 is 10.6 Å². The van der Waals surface area contributed by atoms with Crippen LogP contribution in [0.4, 0.5) is 5.69 Å². The summed E-state index contributed by atoms with van der Waals surface area (Å²) < 4.78 is 9.03. The number of amides is 1. The topological polar surface area (TPSA) is 93.7 Å². The predicted octanol–water partition coefficient (Wildman–Crippen LogP) is 1.34. The van der Waals surface area contributed by atoms with Crippen LogP contribution in [-0.4, -0.2) is 39.1 Å². The lowest BCUT2D eigenvalue weighted by Gasteiger charge is -2.11. The molecular formula is C14H15ClN2O5. The molecule has 0 heterocycles. The number of hydrogen-bond donors (Lipinski definition) is 2. The average molecular weight is 327 g/mol. The first-order chi connectivity index (χ1) is 10.4. The van der Waals surface area contributed by atoms with Gasteiger partial charge in [-0.2, -0.15) is 0 Å². The number of carbonyl (C=O) groups is 3. The molecule has 0 aromatic heterocycles. The number of anilines is 1. The Bertz CT molecular complexity index is 628. The van der Waals surface area contributed by atoms with E-state index in [1.54, 1.807) is 0 Å². The fourth-order valence-electron chi connectivity index (χ4n) is 1.48. The maximum Gasteiger partial charge on any atom is 0.354 e. The standard InChI is InChI=1S/C14H15ClN2O5/c1-16-13(19)8-4-5-9(15)10(6-8)17-11(14(20)22-3)7-12(18)21-2/h4-7,17H,1-3H3,(H,16,19)/b11-7+. The van der Waals surface area contributed by atoms with E-state index >= 15 is 0 Å². The van der Waals surface area contributed by atoms with Gasteiger partial charge >= 0.3 is 11.9 Å². The minimum atomic E-state index is -0.785. The molecule has 8 heteroatoms. The van der Waals surface area contributed by atoms with Gasteiger partial charge in [0.2, 0.25) is 0 Å². The van der Waals surface area contributed by atoms with Crippen LogP contribution in [0.2, 0.25) is 5.02 Å². The summed E-state index contributed by atoms with van der Waals surface area (Å²) in [5.74, 6) is -1.85.